The van der Waals surface area contributed by atoms with Gasteiger partial charge in [0, 0.05) is 25.8 Å². The van der Waals surface area contributed by atoms with Crippen molar-refractivity contribution >= 4 is 5.84 Å². The Bertz CT molecular complexity index is 1190. The van der Waals surface area contributed by atoms with Gasteiger partial charge in [0.25, 0.3) is 0 Å². The van der Waals surface area contributed by atoms with Gasteiger partial charge >= 0.3 is 0 Å². The molecule has 7 heteroatoms. The van der Waals surface area contributed by atoms with Gasteiger partial charge in [-0.05, 0) is 86.6 Å². The molecule has 3 heterocycles. The number of rotatable bonds is 4. The van der Waals surface area contributed by atoms with Crippen LogP contribution in [0.4, 0.5) is 0 Å². The summed E-state index contributed by atoms with van der Waals surface area (Å²) >= 11 is 0. The minimum absolute atomic E-state index is 0.501. The maximum absolute atomic E-state index is 6.36. The number of pyridine rings is 1. The van der Waals surface area contributed by atoms with E-state index in [4.69, 9.17) is 23.9 Å². The molecule has 2 aliphatic rings. The molecule has 2 aromatic carbocycles. The highest BCUT2D eigenvalue weighted by molar-refractivity contribution is 6.00. The number of hydrogen-bond donors (Lipinski definition) is 0. The van der Waals surface area contributed by atoms with E-state index >= 15 is 0 Å². The van der Waals surface area contributed by atoms with Crippen LogP contribution < -0.4 is 18.9 Å². The molecule has 1 fully saturated rings. The third kappa shape index (κ3) is 6.77. The summed E-state index contributed by atoms with van der Waals surface area (Å²) < 4.78 is 23.7. The third-order valence-corrected chi connectivity index (χ3v) is 7.10. The van der Waals surface area contributed by atoms with Crippen molar-refractivity contribution < 1.29 is 18.9 Å². The molecule has 1 saturated heterocycles. The van der Waals surface area contributed by atoms with Crippen molar-refractivity contribution in [1.82, 2.24) is 9.88 Å². The first-order valence-electron chi connectivity index (χ1n) is 13.7. The average Bonchev–Trinajstić information content (AvgIpc) is 2.97. The van der Waals surface area contributed by atoms with Crippen molar-refractivity contribution in [3.63, 3.8) is 0 Å². The van der Waals surface area contributed by atoms with Gasteiger partial charge in [-0.15, -0.1) is 0 Å². The van der Waals surface area contributed by atoms with Crippen LogP contribution in [-0.2, 0) is 0 Å². The topological polar surface area (TPSA) is 65.4 Å². The molecule has 0 spiro atoms. The minimum atomic E-state index is 0.501. The summed E-state index contributed by atoms with van der Waals surface area (Å²) in [5.74, 6) is 5.17. The van der Waals surface area contributed by atoms with Crippen molar-refractivity contribution in [3.05, 3.63) is 72.4 Å². The van der Waals surface area contributed by atoms with Gasteiger partial charge in [-0.3, -0.25) is 4.99 Å². The van der Waals surface area contributed by atoms with Crippen LogP contribution in [-0.4, -0.2) is 55.7 Å². The molecule has 0 amide bonds. The minimum Gasteiger partial charge on any atom is -0.497 e. The molecule has 5 rings (SSSR count). The summed E-state index contributed by atoms with van der Waals surface area (Å²) in [5.41, 5.74) is 0.923. The predicted octanol–water partition coefficient (Wildman–Crippen LogP) is 6.37. The van der Waals surface area contributed by atoms with Crippen LogP contribution in [0.15, 0.2) is 71.9 Å². The molecule has 0 unspecified atom stereocenters. The van der Waals surface area contributed by atoms with Gasteiger partial charge in [0.2, 0.25) is 5.88 Å². The Morgan fingerprint density at radius 1 is 0.868 bits per heavy atom. The Morgan fingerprint density at radius 2 is 1.63 bits per heavy atom. The molecule has 3 aromatic rings. The average molecular weight is 516 g/mol. The first kappa shape index (κ1) is 25.9. The van der Waals surface area contributed by atoms with Gasteiger partial charge in [-0.25, -0.2) is 4.98 Å². The zero-order valence-electron chi connectivity index (χ0n) is 22.2. The Hall–Kier alpha value is -3.74. The highest BCUT2D eigenvalue weighted by Gasteiger charge is 2.25. The van der Waals surface area contributed by atoms with Crippen LogP contribution in [0.1, 0.15) is 44.1 Å². The lowest BCUT2D eigenvalue weighted by molar-refractivity contribution is 0.181. The lowest BCUT2D eigenvalue weighted by Gasteiger charge is -2.34. The van der Waals surface area contributed by atoms with E-state index in [1.807, 2.05) is 54.6 Å². The largest absolute Gasteiger partial charge is 0.497 e. The SMILES string of the molecule is COc1ccc(OCC2CCN(C3=NCCCCCCOc4ccccc4Oc4ncccc43)CC2)cc1. The van der Waals surface area contributed by atoms with Gasteiger partial charge in [-0.1, -0.05) is 18.6 Å². The van der Waals surface area contributed by atoms with Crippen molar-refractivity contribution in [2.45, 2.75) is 38.5 Å². The molecule has 0 atom stereocenters. The van der Waals surface area contributed by atoms with E-state index in [1.54, 1.807) is 13.3 Å². The Balaban J connectivity index is 1.30. The van der Waals surface area contributed by atoms with Gasteiger partial charge in [0.05, 0.1) is 25.9 Å². The number of aliphatic imine (C=N–C) groups is 1. The molecule has 0 N–H and O–H groups in total. The number of para-hydroxylation sites is 2. The summed E-state index contributed by atoms with van der Waals surface area (Å²) in [6.07, 6.45) is 8.21. The maximum atomic E-state index is 6.36. The smallest absolute Gasteiger partial charge is 0.230 e. The Morgan fingerprint density at radius 3 is 2.45 bits per heavy atom. The molecule has 0 radical (unpaired) electrons. The Labute approximate surface area is 225 Å². The molecule has 200 valence electrons. The number of methoxy groups -OCH3 is 1. The lowest BCUT2D eigenvalue weighted by atomic mass is 9.97. The molecule has 2 aliphatic heterocycles. The molecule has 7 nitrogen and oxygen atoms in total. The Kier molecular flexibility index (Phi) is 8.98. The standard InChI is InChI=1S/C31H37N3O4/c1-35-25-12-14-26(15-13-25)37-23-24-16-20-34(21-17-24)30-27-9-8-19-33-31(27)38-29-11-5-4-10-28(29)36-22-7-3-2-6-18-32-30/h4-5,8-15,19,24H,2-3,6-7,16-18,20-23H2,1H3. The second-order valence-electron chi connectivity index (χ2n) is 9.79. The zero-order valence-corrected chi connectivity index (χ0v) is 22.2. The molecular formula is C31H37N3O4. The normalized spacial score (nSPS) is 17.1. The van der Waals surface area contributed by atoms with E-state index in [1.165, 1.54) is 0 Å². The number of likely N-dealkylation sites (tertiary alicyclic amines) is 1. The second kappa shape index (κ2) is 13.2. The number of hydrogen-bond acceptors (Lipinski definition) is 7. The quantitative estimate of drug-likeness (QED) is 0.402. The van der Waals surface area contributed by atoms with E-state index in [0.717, 1.165) is 86.8 Å². The second-order valence-corrected chi connectivity index (χ2v) is 9.79. The molecule has 0 saturated carbocycles. The summed E-state index contributed by atoms with van der Waals surface area (Å²) in [6.45, 7) is 4.03. The van der Waals surface area contributed by atoms with Crippen LogP contribution >= 0.6 is 0 Å². The van der Waals surface area contributed by atoms with Crippen LogP contribution in [0, 0.1) is 5.92 Å². The van der Waals surface area contributed by atoms with E-state index in [0.29, 0.717) is 30.8 Å². The van der Waals surface area contributed by atoms with Crippen LogP contribution in [0.2, 0.25) is 0 Å². The number of aromatic nitrogens is 1. The van der Waals surface area contributed by atoms with E-state index in [2.05, 4.69) is 16.0 Å². The molecule has 1 aromatic heterocycles. The molecular weight excluding hydrogens is 478 g/mol. The van der Waals surface area contributed by atoms with Crippen LogP contribution in [0.25, 0.3) is 0 Å². The van der Waals surface area contributed by atoms with E-state index in [-0.39, 0.29) is 0 Å². The predicted molar refractivity (Wildman–Crippen MR) is 149 cm³/mol. The maximum Gasteiger partial charge on any atom is 0.230 e. The fourth-order valence-electron chi connectivity index (χ4n) is 4.89. The van der Waals surface area contributed by atoms with E-state index < -0.39 is 0 Å². The van der Waals surface area contributed by atoms with Crippen LogP contribution in [0.5, 0.6) is 28.9 Å². The van der Waals surface area contributed by atoms with Gasteiger partial charge < -0.3 is 23.8 Å². The van der Waals surface area contributed by atoms with Crippen molar-refractivity contribution in [2.75, 3.05) is 40.0 Å². The fraction of sp³-hybridized carbons (Fsp3) is 0.419. The summed E-state index contributed by atoms with van der Waals surface area (Å²) in [5, 5.41) is 0. The highest BCUT2D eigenvalue weighted by Crippen LogP contribution is 2.33. The number of nitrogens with zero attached hydrogens (tertiary/aromatic N) is 3. The number of piperidine rings is 1. The van der Waals surface area contributed by atoms with Gasteiger partial charge in [-0.2, -0.15) is 0 Å². The number of amidine groups is 1. The summed E-state index contributed by atoms with van der Waals surface area (Å²) in [4.78, 5) is 12.1. The first-order valence-corrected chi connectivity index (χ1v) is 13.7. The summed E-state index contributed by atoms with van der Waals surface area (Å²) in [6, 6.07) is 19.6. The van der Waals surface area contributed by atoms with Gasteiger partial charge in [0.15, 0.2) is 11.5 Å². The number of fused-ring (bicyclic) bond motifs is 2. The lowest BCUT2D eigenvalue weighted by Crippen LogP contribution is -2.40. The fourth-order valence-corrected chi connectivity index (χ4v) is 4.89. The van der Waals surface area contributed by atoms with Crippen LogP contribution in [0.3, 0.4) is 0 Å². The zero-order chi connectivity index (χ0) is 26.0. The van der Waals surface area contributed by atoms with E-state index in [9.17, 15) is 0 Å². The third-order valence-electron chi connectivity index (χ3n) is 7.10. The highest BCUT2D eigenvalue weighted by atomic mass is 16.5. The summed E-state index contributed by atoms with van der Waals surface area (Å²) in [7, 11) is 1.67. The number of benzene rings is 2. The molecule has 38 heavy (non-hydrogen) atoms. The monoisotopic (exact) mass is 515 g/mol. The van der Waals surface area contributed by atoms with Crippen molar-refractivity contribution in [1.29, 1.82) is 0 Å². The number of ether oxygens (including phenoxy) is 4. The van der Waals surface area contributed by atoms with Crippen molar-refractivity contribution in [3.8, 4) is 28.9 Å². The molecule has 0 aliphatic carbocycles. The van der Waals surface area contributed by atoms with Gasteiger partial charge in [0.1, 0.15) is 17.3 Å². The first-order chi connectivity index (χ1) is 18.8. The molecule has 0 bridgehead atoms. The van der Waals surface area contributed by atoms with Crippen molar-refractivity contribution in [2.24, 2.45) is 10.9 Å².